The number of nitrogens with zero attached hydrogens (tertiary/aromatic N) is 2. The summed E-state index contributed by atoms with van der Waals surface area (Å²) in [6.07, 6.45) is 0. The van der Waals surface area contributed by atoms with Crippen molar-refractivity contribution in [2.24, 2.45) is 0 Å². The second-order valence-corrected chi connectivity index (χ2v) is 8.83. The molecule has 1 aromatic rings. The molecule has 0 aliphatic carbocycles. The van der Waals surface area contributed by atoms with Gasteiger partial charge in [0.15, 0.2) is 0 Å². The average Bonchev–Trinajstić information content (AvgIpc) is 2.32. The van der Waals surface area contributed by atoms with Crippen molar-refractivity contribution in [3.05, 3.63) is 21.1 Å². The van der Waals surface area contributed by atoms with Gasteiger partial charge in [0.1, 0.15) is 11.0 Å². The van der Waals surface area contributed by atoms with Gasteiger partial charge in [-0.3, -0.25) is 0 Å². The van der Waals surface area contributed by atoms with Gasteiger partial charge in [0.05, 0.1) is 15.4 Å². The maximum Gasteiger partial charge on any atom is 0.147 e. The number of halogens is 2. The highest BCUT2D eigenvalue weighted by atomic mass is 79.9. The third-order valence-electron chi connectivity index (χ3n) is 2.64. The van der Waals surface area contributed by atoms with Crippen LogP contribution < -0.4 is 0 Å². The fraction of sp³-hybridized carbons (Fsp3) is 0.667. The lowest BCUT2D eigenvalue weighted by atomic mass is 9.92. The van der Waals surface area contributed by atoms with E-state index in [0.717, 1.165) is 27.5 Å². The molecule has 1 aromatic heterocycles. The number of hydrogen-bond acceptors (Lipinski definition) is 4. The molecule has 0 bridgehead atoms. The lowest BCUT2D eigenvalue weighted by Gasteiger charge is -2.24. The van der Waals surface area contributed by atoms with Gasteiger partial charge in [-0.2, -0.15) is 11.8 Å². The number of thioether (sulfide) groups is 2. The largest absolute Gasteiger partial charge is 0.235 e. The van der Waals surface area contributed by atoms with Crippen LogP contribution in [0.15, 0.2) is 4.47 Å². The Hall–Kier alpha value is 0.550. The number of rotatable bonds is 1. The van der Waals surface area contributed by atoms with Crippen LogP contribution in [-0.2, 0) is 5.41 Å². The van der Waals surface area contributed by atoms with E-state index >= 15 is 0 Å². The van der Waals surface area contributed by atoms with E-state index in [-0.39, 0.29) is 5.41 Å². The molecule has 1 aliphatic rings. The lowest BCUT2D eigenvalue weighted by molar-refractivity contribution is 0.558. The molecule has 0 radical (unpaired) electrons. The first kappa shape index (κ1) is 14.9. The van der Waals surface area contributed by atoms with Crippen molar-refractivity contribution in [1.82, 2.24) is 9.97 Å². The molecule has 6 heteroatoms. The molecular weight excluding hydrogens is 352 g/mol. The van der Waals surface area contributed by atoms with Gasteiger partial charge in [-0.05, 0) is 15.9 Å². The quantitative estimate of drug-likeness (QED) is 0.671. The highest BCUT2D eigenvalue weighted by Gasteiger charge is 2.26. The number of aromatic nitrogens is 2. The zero-order chi connectivity index (χ0) is 13.3. The van der Waals surface area contributed by atoms with Crippen LogP contribution in [-0.4, -0.2) is 27.2 Å². The van der Waals surface area contributed by atoms with Gasteiger partial charge >= 0.3 is 0 Å². The van der Waals surface area contributed by atoms with Gasteiger partial charge in [0.25, 0.3) is 0 Å². The third-order valence-corrected chi connectivity index (χ3v) is 6.65. The number of hydrogen-bond donors (Lipinski definition) is 0. The van der Waals surface area contributed by atoms with E-state index in [9.17, 15) is 0 Å². The molecule has 1 unspecified atom stereocenters. The van der Waals surface area contributed by atoms with Crippen molar-refractivity contribution < 1.29 is 0 Å². The smallest absolute Gasteiger partial charge is 0.147 e. The maximum atomic E-state index is 6.23. The predicted octanol–water partition coefficient (Wildman–Crippen LogP) is 4.71. The SMILES string of the molecule is CC(C)(C)c1nc(C2CSCCS2)nc(Cl)c1Br. The Kier molecular flexibility index (Phi) is 4.90. The van der Waals surface area contributed by atoms with Crippen LogP contribution in [0.1, 0.15) is 37.5 Å². The molecule has 0 aromatic carbocycles. The second kappa shape index (κ2) is 5.90. The Balaban J connectivity index is 2.40. The van der Waals surface area contributed by atoms with Crippen molar-refractivity contribution in [1.29, 1.82) is 0 Å². The summed E-state index contributed by atoms with van der Waals surface area (Å²) in [5.74, 6) is 4.34. The summed E-state index contributed by atoms with van der Waals surface area (Å²) in [4.78, 5) is 9.20. The second-order valence-electron chi connectivity index (χ2n) is 5.22. The summed E-state index contributed by atoms with van der Waals surface area (Å²) in [5.41, 5.74) is 0.959. The Morgan fingerprint density at radius 3 is 2.56 bits per heavy atom. The first-order valence-corrected chi connectivity index (χ1v) is 9.20. The molecule has 100 valence electrons. The maximum absolute atomic E-state index is 6.23. The Bertz CT molecular complexity index is 442. The van der Waals surface area contributed by atoms with E-state index in [4.69, 9.17) is 16.6 Å². The topological polar surface area (TPSA) is 25.8 Å². The molecule has 0 saturated carbocycles. The summed E-state index contributed by atoms with van der Waals surface area (Å²) in [6, 6.07) is 0. The van der Waals surface area contributed by atoms with E-state index < -0.39 is 0 Å². The van der Waals surface area contributed by atoms with Gasteiger partial charge in [-0.15, -0.1) is 11.8 Å². The highest BCUT2D eigenvalue weighted by Crippen LogP contribution is 2.38. The summed E-state index contributed by atoms with van der Waals surface area (Å²) < 4.78 is 0.828. The Labute approximate surface area is 130 Å². The summed E-state index contributed by atoms with van der Waals surface area (Å²) in [7, 11) is 0. The van der Waals surface area contributed by atoms with Crippen molar-refractivity contribution in [2.75, 3.05) is 17.3 Å². The first-order chi connectivity index (χ1) is 8.39. The lowest BCUT2D eigenvalue weighted by Crippen LogP contribution is -2.19. The minimum absolute atomic E-state index is 0.0351. The standard InChI is InChI=1S/C12H16BrClN2S2/c1-12(2,3)9-8(13)10(14)16-11(15-9)7-6-17-4-5-18-7/h7H,4-6H2,1-3H3. The first-order valence-electron chi connectivity index (χ1n) is 5.82. The molecule has 2 rings (SSSR count). The van der Waals surface area contributed by atoms with E-state index in [2.05, 4.69) is 41.7 Å². The van der Waals surface area contributed by atoms with Crippen LogP contribution in [0.5, 0.6) is 0 Å². The minimum Gasteiger partial charge on any atom is -0.235 e. The van der Waals surface area contributed by atoms with Gasteiger partial charge in [-0.1, -0.05) is 32.4 Å². The molecule has 1 fully saturated rings. The van der Waals surface area contributed by atoms with Crippen LogP contribution in [0, 0.1) is 0 Å². The van der Waals surface area contributed by atoms with Gasteiger partial charge < -0.3 is 0 Å². The minimum atomic E-state index is -0.0351. The zero-order valence-electron chi connectivity index (χ0n) is 10.7. The van der Waals surface area contributed by atoms with Crippen LogP contribution in [0.2, 0.25) is 5.15 Å². The molecule has 0 N–H and O–H groups in total. The molecule has 1 aliphatic heterocycles. The van der Waals surface area contributed by atoms with E-state index in [1.165, 1.54) is 5.75 Å². The van der Waals surface area contributed by atoms with Crippen LogP contribution >= 0.6 is 51.1 Å². The molecule has 1 atom stereocenters. The molecule has 2 nitrogen and oxygen atoms in total. The molecule has 0 amide bonds. The van der Waals surface area contributed by atoms with Crippen molar-refractivity contribution >= 4 is 51.1 Å². The van der Waals surface area contributed by atoms with Crippen molar-refractivity contribution in [3.8, 4) is 0 Å². The zero-order valence-corrected chi connectivity index (χ0v) is 14.6. The molecule has 0 spiro atoms. The van der Waals surface area contributed by atoms with Gasteiger partial charge in [0.2, 0.25) is 0 Å². The van der Waals surface area contributed by atoms with Gasteiger partial charge in [-0.25, -0.2) is 9.97 Å². The third kappa shape index (κ3) is 3.35. The summed E-state index contributed by atoms with van der Waals surface area (Å²) in [6.45, 7) is 6.43. The molecular formula is C12H16BrClN2S2. The fourth-order valence-corrected chi connectivity index (χ4v) is 5.26. The summed E-state index contributed by atoms with van der Waals surface area (Å²) >= 11 is 13.6. The fourth-order valence-electron chi connectivity index (χ4n) is 1.71. The molecule has 2 heterocycles. The van der Waals surface area contributed by atoms with E-state index in [0.29, 0.717) is 10.4 Å². The highest BCUT2D eigenvalue weighted by molar-refractivity contribution is 9.10. The van der Waals surface area contributed by atoms with E-state index in [1.54, 1.807) is 0 Å². The Morgan fingerprint density at radius 2 is 2.00 bits per heavy atom. The normalized spacial score (nSPS) is 21.1. The summed E-state index contributed by atoms with van der Waals surface area (Å²) in [5, 5.41) is 0.900. The van der Waals surface area contributed by atoms with Crippen LogP contribution in [0.4, 0.5) is 0 Å². The molecule has 18 heavy (non-hydrogen) atoms. The monoisotopic (exact) mass is 366 g/mol. The van der Waals surface area contributed by atoms with Crippen LogP contribution in [0.3, 0.4) is 0 Å². The van der Waals surface area contributed by atoms with Gasteiger partial charge in [0, 0.05) is 22.7 Å². The predicted molar refractivity (Wildman–Crippen MR) is 86.0 cm³/mol. The van der Waals surface area contributed by atoms with Crippen LogP contribution in [0.25, 0.3) is 0 Å². The van der Waals surface area contributed by atoms with Crippen molar-refractivity contribution in [2.45, 2.75) is 31.4 Å². The Morgan fingerprint density at radius 1 is 1.28 bits per heavy atom. The average molecular weight is 368 g/mol. The van der Waals surface area contributed by atoms with E-state index in [1.807, 2.05) is 23.5 Å². The molecule has 1 saturated heterocycles. The van der Waals surface area contributed by atoms with Crippen molar-refractivity contribution in [3.63, 3.8) is 0 Å².